The van der Waals surface area contributed by atoms with Gasteiger partial charge in [0.15, 0.2) is 0 Å². The molecule has 1 atom stereocenters. The molecule has 1 fully saturated rings. The first-order valence-electron chi connectivity index (χ1n) is 4.53. The van der Waals surface area contributed by atoms with Crippen LogP contribution in [0.4, 0.5) is 0 Å². The standard InChI is InChI=1S/C7H15ClNO3P/c1-2-11-13(8,10)12-9-6-4-3-5-7-9/h2-7H2,1H3. The maximum Gasteiger partial charge on any atom is 0.440 e. The van der Waals surface area contributed by atoms with E-state index in [4.69, 9.17) is 20.4 Å². The topological polar surface area (TPSA) is 38.8 Å². The number of nitrogens with zero attached hydrogens (tertiary/aromatic N) is 1. The van der Waals surface area contributed by atoms with E-state index in [1.54, 1.807) is 12.0 Å². The largest absolute Gasteiger partial charge is 0.440 e. The minimum Gasteiger partial charge on any atom is -0.296 e. The second kappa shape index (κ2) is 5.32. The molecule has 1 heterocycles. The lowest BCUT2D eigenvalue weighted by Crippen LogP contribution is -2.28. The van der Waals surface area contributed by atoms with Crippen molar-refractivity contribution in [1.82, 2.24) is 5.06 Å². The normalized spacial score (nSPS) is 24.2. The molecule has 1 rings (SSSR count). The van der Waals surface area contributed by atoms with Crippen LogP contribution in [0.1, 0.15) is 26.2 Å². The lowest BCUT2D eigenvalue weighted by Gasteiger charge is -2.26. The molecule has 0 bridgehead atoms. The minimum atomic E-state index is -3.36. The number of hydrogen-bond donors (Lipinski definition) is 0. The second-order valence-corrected chi connectivity index (χ2v) is 5.44. The van der Waals surface area contributed by atoms with Crippen LogP contribution in [0.2, 0.25) is 0 Å². The Kier molecular flexibility index (Phi) is 4.70. The molecule has 0 aromatic rings. The van der Waals surface area contributed by atoms with Crippen LogP contribution < -0.4 is 0 Å². The van der Waals surface area contributed by atoms with E-state index in [0.717, 1.165) is 25.9 Å². The molecule has 0 spiro atoms. The van der Waals surface area contributed by atoms with Crippen molar-refractivity contribution in [3.63, 3.8) is 0 Å². The highest BCUT2D eigenvalue weighted by Crippen LogP contribution is 2.54. The van der Waals surface area contributed by atoms with E-state index in [0.29, 0.717) is 6.61 Å². The monoisotopic (exact) mass is 227 g/mol. The molecule has 4 nitrogen and oxygen atoms in total. The molecule has 6 heteroatoms. The van der Waals surface area contributed by atoms with Crippen LogP contribution in [0, 0.1) is 0 Å². The summed E-state index contributed by atoms with van der Waals surface area (Å²) < 4.78 is 21.2. The van der Waals surface area contributed by atoms with Crippen LogP contribution in [-0.4, -0.2) is 24.8 Å². The summed E-state index contributed by atoms with van der Waals surface area (Å²) in [5, 5.41) is 1.63. The van der Waals surface area contributed by atoms with Gasteiger partial charge in [0.25, 0.3) is 0 Å². The zero-order valence-corrected chi connectivity index (χ0v) is 9.39. The lowest BCUT2D eigenvalue weighted by atomic mass is 10.2. The summed E-state index contributed by atoms with van der Waals surface area (Å²) in [6.07, 6.45) is 3.31. The third-order valence-electron chi connectivity index (χ3n) is 1.81. The molecule has 1 aliphatic rings. The molecule has 78 valence electrons. The molecule has 1 saturated heterocycles. The van der Waals surface area contributed by atoms with Crippen LogP contribution in [0.5, 0.6) is 0 Å². The molecule has 0 amide bonds. The van der Waals surface area contributed by atoms with Crippen molar-refractivity contribution in [3.8, 4) is 0 Å². The maximum absolute atomic E-state index is 11.4. The Labute approximate surface area is 83.4 Å². The Bertz CT molecular complexity index is 196. The van der Waals surface area contributed by atoms with E-state index >= 15 is 0 Å². The van der Waals surface area contributed by atoms with Gasteiger partial charge in [0.05, 0.1) is 6.61 Å². The summed E-state index contributed by atoms with van der Waals surface area (Å²) in [6.45, 7) is 0.231. The van der Waals surface area contributed by atoms with Gasteiger partial charge in [-0.25, -0.2) is 9.19 Å². The Morgan fingerprint density at radius 3 is 2.54 bits per heavy atom. The van der Waals surface area contributed by atoms with Gasteiger partial charge < -0.3 is 0 Å². The van der Waals surface area contributed by atoms with Gasteiger partial charge in [-0.1, -0.05) is 6.42 Å². The summed E-state index contributed by atoms with van der Waals surface area (Å²) in [5.74, 6) is 0. The number of hydroxylamine groups is 2. The highest BCUT2D eigenvalue weighted by atomic mass is 35.7. The second-order valence-electron chi connectivity index (χ2n) is 2.92. The number of rotatable bonds is 4. The maximum atomic E-state index is 11.4. The van der Waals surface area contributed by atoms with Crippen molar-refractivity contribution in [2.45, 2.75) is 26.2 Å². The van der Waals surface area contributed by atoms with Gasteiger partial charge in [0.2, 0.25) is 0 Å². The first-order valence-corrected chi connectivity index (χ1v) is 6.98. The van der Waals surface area contributed by atoms with Crippen molar-refractivity contribution >= 4 is 18.2 Å². The average Bonchev–Trinajstić information content (AvgIpc) is 2.04. The third-order valence-corrected chi connectivity index (χ3v) is 3.28. The van der Waals surface area contributed by atoms with E-state index in [1.807, 2.05) is 0 Å². The van der Waals surface area contributed by atoms with E-state index in [2.05, 4.69) is 0 Å². The SMILES string of the molecule is CCOP(=O)(Cl)ON1CCCCC1. The zero-order valence-electron chi connectivity index (χ0n) is 7.74. The highest BCUT2D eigenvalue weighted by Gasteiger charge is 2.25. The van der Waals surface area contributed by atoms with E-state index in [1.165, 1.54) is 6.42 Å². The van der Waals surface area contributed by atoms with Gasteiger partial charge in [-0.2, -0.15) is 5.06 Å². The Balaban J connectivity index is 2.32. The van der Waals surface area contributed by atoms with Crippen LogP contribution >= 0.6 is 18.2 Å². The fourth-order valence-electron chi connectivity index (χ4n) is 1.26. The summed E-state index contributed by atoms with van der Waals surface area (Å²) in [7, 11) is 0. The van der Waals surface area contributed by atoms with Crippen molar-refractivity contribution in [2.24, 2.45) is 0 Å². The number of piperidine rings is 1. The van der Waals surface area contributed by atoms with Crippen LogP contribution in [-0.2, 0) is 13.7 Å². The molecule has 0 radical (unpaired) electrons. The van der Waals surface area contributed by atoms with E-state index < -0.39 is 6.95 Å². The number of halogens is 1. The predicted molar refractivity (Wildman–Crippen MR) is 51.6 cm³/mol. The molecule has 0 aromatic carbocycles. The fourth-order valence-corrected chi connectivity index (χ4v) is 2.61. The molecule has 1 aliphatic heterocycles. The highest BCUT2D eigenvalue weighted by molar-refractivity contribution is 7.81. The molecular weight excluding hydrogens is 213 g/mol. The van der Waals surface area contributed by atoms with E-state index in [9.17, 15) is 4.57 Å². The average molecular weight is 228 g/mol. The Hall–Kier alpha value is 0.400. The van der Waals surface area contributed by atoms with Crippen LogP contribution in [0.25, 0.3) is 0 Å². The molecule has 1 unspecified atom stereocenters. The van der Waals surface area contributed by atoms with Gasteiger partial charge in [-0.15, -0.1) is 0 Å². The molecular formula is C7H15ClNO3P. The van der Waals surface area contributed by atoms with Gasteiger partial charge >= 0.3 is 6.95 Å². The van der Waals surface area contributed by atoms with Gasteiger partial charge in [0, 0.05) is 24.3 Å². The molecule has 0 saturated carbocycles. The van der Waals surface area contributed by atoms with E-state index in [-0.39, 0.29) is 0 Å². The minimum absolute atomic E-state index is 0.300. The fraction of sp³-hybridized carbons (Fsp3) is 1.00. The Morgan fingerprint density at radius 1 is 1.38 bits per heavy atom. The lowest BCUT2D eigenvalue weighted by molar-refractivity contribution is -0.0792. The molecule has 0 aliphatic carbocycles. The van der Waals surface area contributed by atoms with Crippen molar-refractivity contribution < 1.29 is 13.7 Å². The molecule has 0 aromatic heterocycles. The first-order chi connectivity index (χ1) is 6.14. The third kappa shape index (κ3) is 4.43. The summed E-state index contributed by atoms with van der Waals surface area (Å²) in [6, 6.07) is 0. The van der Waals surface area contributed by atoms with Crippen molar-refractivity contribution in [3.05, 3.63) is 0 Å². The molecule has 13 heavy (non-hydrogen) atoms. The Morgan fingerprint density at radius 2 is 2.00 bits per heavy atom. The van der Waals surface area contributed by atoms with Gasteiger partial charge in [-0.3, -0.25) is 4.52 Å². The van der Waals surface area contributed by atoms with Crippen LogP contribution in [0.15, 0.2) is 0 Å². The van der Waals surface area contributed by atoms with Gasteiger partial charge in [-0.05, 0) is 19.8 Å². The summed E-state index contributed by atoms with van der Waals surface area (Å²) >= 11 is 5.54. The quantitative estimate of drug-likeness (QED) is 0.693. The van der Waals surface area contributed by atoms with Gasteiger partial charge in [0.1, 0.15) is 0 Å². The van der Waals surface area contributed by atoms with Crippen molar-refractivity contribution in [2.75, 3.05) is 19.7 Å². The zero-order chi connectivity index (χ0) is 9.73. The first kappa shape index (κ1) is 11.5. The summed E-state index contributed by atoms with van der Waals surface area (Å²) in [5.41, 5.74) is 0. The number of hydrogen-bond acceptors (Lipinski definition) is 4. The van der Waals surface area contributed by atoms with Crippen molar-refractivity contribution in [1.29, 1.82) is 0 Å². The van der Waals surface area contributed by atoms with Crippen LogP contribution in [0.3, 0.4) is 0 Å². The smallest absolute Gasteiger partial charge is 0.296 e. The predicted octanol–water partition coefficient (Wildman–Crippen LogP) is 2.79. The summed E-state index contributed by atoms with van der Waals surface area (Å²) in [4.78, 5) is 0. The molecule has 0 N–H and O–H groups in total.